The summed E-state index contributed by atoms with van der Waals surface area (Å²) in [5.74, 6) is 0. The van der Waals surface area contributed by atoms with Crippen LogP contribution < -0.4 is 0 Å². The number of rotatable bonds is 8. The van der Waals surface area contributed by atoms with Crippen molar-refractivity contribution in [3.05, 3.63) is 59.7 Å². The molecule has 0 saturated carbocycles. The summed E-state index contributed by atoms with van der Waals surface area (Å²) in [5, 5.41) is 0. The molecule has 1 aliphatic heterocycles. The number of likely N-dealkylation sites (tertiary alicyclic amines) is 1. The quantitative estimate of drug-likeness (QED) is 0.713. The molecule has 3 heterocycles. The molecule has 0 bridgehead atoms. The minimum atomic E-state index is 0.222. The molecule has 0 radical (unpaired) electrons. The molecule has 2 atom stereocenters. The molecule has 3 rings (SSSR count). The monoisotopic (exact) mass is 353 g/mol. The van der Waals surface area contributed by atoms with E-state index in [0.29, 0.717) is 6.04 Å². The lowest BCUT2D eigenvalue weighted by Gasteiger charge is -2.31. The van der Waals surface area contributed by atoms with E-state index in [2.05, 4.69) is 53.0 Å². The molecule has 1 saturated heterocycles. The van der Waals surface area contributed by atoms with Crippen LogP contribution in [0.2, 0.25) is 0 Å². The molecule has 4 nitrogen and oxygen atoms in total. The van der Waals surface area contributed by atoms with Crippen LogP contribution in [-0.4, -0.2) is 41.2 Å². The van der Waals surface area contributed by atoms with Crippen LogP contribution in [0.3, 0.4) is 0 Å². The summed E-state index contributed by atoms with van der Waals surface area (Å²) in [5.41, 5.74) is 3.77. The van der Waals surface area contributed by atoms with Gasteiger partial charge in [0.25, 0.3) is 0 Å². The van der Waals surface area contributed by atoms with E-state index < -0.39 is 0 Å². The summed E-state index contributed by atoms with van der Waals surface area (Å²) in [7, 11) is 0. The highest BCUT2D eigenvalue weighted by molar-refractivity contribution is 5.17. The van der Waals surface area contributed by atoms with E-state index in [4.69, 9.17) is 4.74 Å². The van der Waals surface area contributed by atoms with Gasteiger partial charge in [-0.3, -0.25) is 14.9 Å². The molecule has 140 valence electrons. The molecule has 0 aliphatic carbocycles. The first-order valence-corrected chi connectivity index (χ1v) is 9.76. The number of aromatic nitrogens is 2. The van der Waals surface area contributed by atoms with Crippen LogP contribution in [0, 0.1) is 12.3 Å². The number of hydrogen-bond donors (Lipinski definition) is 0. The maximum Gasteiger partial charge on any atom is 0.0535 e. The van der Waals surface area contributed by atoms with Crippen LogP contribution in [0.5, 0.6) is 0 Å². The second-order valence-corrected chi connectivity index (χ2v) is 7.59. The number of ether oxygens (including phenoxy) is 1. The van der Waals surface area contributed by atoms with Gasteiger partial charge in [0.1, 0.15) is 0 Å². The fourth-order valence-electron chi connectivity index (χ4n) is 3.89. The lowest BCUT2D eigenvalue weighted by atomic mass is 9.82. The Morgan fingerprint density at radius 3 is 2.81 bits per heavy atom. The lowest BCUT2D eigenvalue weighted by molar-refractivity contribution is 0.0465. The van der Waals surface area contributed by atoms with E-state index in [-0.39, 0.29) is 5.41 Å². The average molecular weight is 354 g/mol. The number of hydrogen-bond acceptors (Lipinski definition) is 4. The molecule has 0 aromatic carbocycles. The molecule has 1 aliphatic rings. The number of nitrogens with zero attached hydrogens (tertiary/aromatic N) is 3. The van der Waals surface area contributed by atoms with Crippen LogP contribution in [0.15, 0.2) is 42.7 Å². The highest BCUT2D eigenvalue weighted by atomic mass is 16.5. The molecule has 2 unspecified atom stereocenters. The normalized spacial score (nSPS) is 21.8. The van der Waals surface area contributed by atoms with E-state index in [1.54, 1.807) is 0 Å². The Hall–Kier alpha value is -1.78. The van der Waals surface area contributed by atoms with Crippen LogP contribution in [0.1, 0.15) is 49.7 Å². The van der Waals surface area contributed by atoms with Crippen LogP contribution in [0.25, 0.3) is 0 Å². The number of aryl methyl sites for hydroxylation is 2. The van der Waals surface area contributed by atoms with Gasteiger partial charge in [-0.05, 0) is 70.3 Å². The van der Waals surface area contributed by atoms with Crippen molar-refractivity contribution in [2.75, 3.05) is 26.3 Å². The molecule has 0 amide bonds. The fraction of sp³-hybridized carbons (Fsp3) is 0.545. The van der Waals surface area contributed by atoms with E-state index in [1.165, 1.54) is 17.7 Å². The molecule has 0 N–H and O–H groups in total. The lowest BCUT2D eigenvalue weighted by Crippen LogP contribution is -2.33. The Balaban J connectivity index is 1.67. The van der Waals surface area contributed by atoms with Crippen molar-refractivity contribution in [2.45, 2.75) is 46.1 Å². The zero-order valence-electron chi connectivity index (χ0n) is 16.3. The molecule has 1 fully saturated rings. The second-order valence-electron chi connectivity index (χ2n) is 7.59. The van der Waals surface area contributed by atoms with Crippen molar-refractivity contribution in [1.29, 1.82) is 0 Å². The third-order valence-electron chi connectivity index (χ3n) is 5.68. The minimum absolute atomic E-state index is 0.222. The summed E-state index contributed by atoms with van der Waals surface area (Å²) in [6.45, 7) is 10.2. The largest absolute Gasteiger partial charge is 0.381 e. The second kappa shape index (κ2) is 8.74. The van der Waals surface area contributed by atoms with Gasteiger partial charge in [0.15, 0.2) is 0 Å². The van der Waals surface area contributed by atoms with Gasteiger partial charge in [-0.25, -0.2) is 0 Å². The van der Waals surface area contributed by atoms with E-state index in [0.717, 1.165) is 44.8 Å². The fourth-order valence-corrected chi connectivity index (χ4v) is 3.89. The van der Waals surface area contributed by atoms with Gasteiger partial charge >= 0.3 is 0 Å². The Kier molecular flexibility index (Phi) is 6.38. The third-order valence-corrected chi connectivity index (χ3v) is 5.68. The average Bonchev–Trinajstić information content (AvgIpc) is 3.10. The number of pyridine rings is 2. The Morgan fingerprint density at radius 2 is 2.12 bits per heavy atom. The highest BCUT2D eigenvalue weighted by Gasteiger charge is 2.39. The van der Waals surface area contributed by atoms with Crippen LogP contribution in [0.4, 0.5) is 0 Å². The molecule has 0 spiro atoms. The van der Waals surface area contributed by atoms with Crippen molar-refractivity contribution in [1.82, 2.24) is 14.9 Å². The predicted molar refractivity (Wildman–Crippen MR) is 105 cm³/mol. The van der Waals surface area contributed by atoms with Crippen molar-refractivity contribution < 1.29 is 4.74 Å². The first-order valence-electron chi connectivity index (χ1n) is 9.76. The van der Waals surface area contributed by atoms with E-state index in [9.17, 15) is 0 Å². The maximum atomic E-state index is 5.90. The van der Waals surface area contributed by atoms with Gasteiger partial charge in [0.2, 0.25) is 0 Å². The van der Waals surface area contributed by atoms with Gasteiger partial charge in [0, 0.05) is 48.4 Å². The molecular weight excluding hydrogens is 322 g/mol. The Labute approximate surface area is 157 Å². The summed E-state index contributed by atoms with van der Waals surface area (Å²) in [6, 6.07) is 10.9. The first-order chi connectivity index (χ1) is 12.6. The highest BCUT2D eigenvalue weighted by Crippen LogP contribution is 2.39. The zero-order chi connectivity index (χ0) is 18.4. The Morgan fingerprint density at radius 1 is 1.23 bits per heavy atom. The third kappa shape index (κ3) is 4.68. The van der Waals surface area contributed by atoms with E-state index >= 15 is 0 Å². The maximum absolute atomic E-state index is 5.90. The molecule has 4 heteroatoms. The summed E-state index contributed by atoms with van der Waals surface area (Å²) in [4.78, 5) is 11.6. The van der Waals surface area contributed by atoms with Crippen molar-refractivity contribution >= 4 is 0 Å². The van der Waals surface area contributed by atoms with Crippen LogP contribution in [-0.2, 0) is 11.2 Å². The summed E-state index contributed by atoms with van der Waals surface area (Å²) < 4.78 is 5.90. The molecule has 26 heavy (non-hydrogen) atoms. The minimum Gasteiger partial charge on any atom is -0.381 e. The van der Waals surface area contributed by atoms with Crippen molar-refractivity contribution in [3.63, 3.8) is 0 Å². The summed E-state index contributed by atoms with van der Waals surface area (Å²) in [6.07, 6.45) is 7.24. The van der Waals surface area contributed by atoms with Gasteiger partial charge < -0.3 is 4.74 Å². The van der Waals surface area contributed by atoms with Crippen LogP contribution >= 0.6 is 0 Å². The van der Waals surface area contributed by atoms with Gasteiger partial charge in [-0.15, -0.1) is 0 Å². The predicted octanol–water partition coefficient (Wildman–Crippen LogP) is 4.21. The summed E-state index contributed by atoms with van der Waals surface area (Å²) >= 11 is 0. The van der Waals surface area contributed by atoms with Gasteiger partial charge in [0.05, 0.1) is 6.61 Å². The topological polar surface area (TPSA) is 38.2 Å². The van der Waals surface area contributed by atoms with Crippen molar-refractivity contribution in [2.24, 2.45) is 5.41 Å². The van der Waals surface area contributed by atoms with Gasteiger partial charge in [-0.2, -0.15) is 0 Å². The van der Waals surface area contributed by atoms with E-state index in [1.807, 2.05) is 25.4 Å². The standard InChI is InChI=1S/C22H31N3O/c1-4-26-17-22(11-10-21-7-5-6-13-23-21)12-14-25(16-22)19(3)20-9-8-18(2)24-15-20/h5-9,13,15,19H,4,10-12,14,16-17H2,1-3H3. The SMILES string of the molecule is CCOCC1(CCc2ccccn2)CCN(C(C)c2ccc(C)nc2)C1. The van der Waals surface area contributed by atoms with Gasteiger partial charge in [-0.1, -0.05) is 12.1 Å². The smallest absolute Gasteiger partial charge is 0.0535 e. The molecule has 2 aromatic heterocycles. The first kappa shape index (κ1) is 19.0. The Bertz CT molecular complexity index is 674. The van der Waals surface area contributed by atoms with Crippen molar-refractivity contribution in [3.8, 4) is 0 Å². The molecular formula is C22H31N3O. The molecule has 2 aromatic rings. The zero-order valence-corrected chi connectivity index (χ0v) is 16.3.